The molecule has 1 saturated heterocycles. The van der Waals surface area contributed by atoms with Crippen LogP contribution in [0.5, 0.6) is 5.75 Å². The van der Waals surface area contributed by atoms with Crippen molar-refractivity contribution in [2.45, 2.75) is 29.5 Å². The lowest BCUT2D eigenvalue weighted by molar-refractivity contribution is -0.123. The minimum Gasteiger partial charge on any atom is -0.484 e. The van der Waals surface area contributed by atoms with E-state index in [9.17, 15) is 19.2 Å². The first-order chi connectivity index (χ1) is 21.8. The summed E-state index contributed by atoms with van der Waals surface area (Å²) >= 11 is 6.35. The van der Waals surface area contributed by atoms with E-state index in [0.717, 1.165) is 37.6 Å². The van der Waals surface area contributed by atoms with Crippen LogP contribution in [0.15, 0.2) is 87.1 Å². The van der Waals surface area contributed by atoms with Crippen molar-refractivity contribution in [3.05, 3.63) is 103 Å². The highest BCUT2D eigenvalue weighted by molar-refractivity contribution is 9.10. The molecule has 3 amide bonds. The van der Waals surface area contributed by atoms with E-state index in [1.807, 2.05) is 79.7 Å². The SMILES string of the molecule is Cc1cccc(NC(=O)COc2ccc([C@H]3c4sc(=O)[nH]c4SC4C5CC(C6C(=O)N(c7ccc(Br)cc7)C(=O)C56)C43)cc2)c1. The van der Waals surface area contributed by atoms with Crippen molar-refractivity contribution in [3.63, 3.8) is 0 Å². The van der Waals surface area contributed by atoms with Gasteiger partial charge in [-0.05, 0) is 90.8 Å². The summed E-state index contributed by atoms with van der Waals surface area (Å²) in [7, 11) is 0. The molecule has 2 bridgehead atoms. The Bertz CT molecular complexity index is 1910. The van der Waals surface area contributed by atoms with Crippen LogP contribution in [-0.4, -0.2) is 34.6 Å². The number of hydrogen-bond donors (Lipinski definition) is 2. The van der Waals surface area contributed by atoms with Gasteiger partial charge in [0.15, 0.2) is 6.61 Å². The quantitative estimate of drug-likeness (QED) is 0.232. The van der Waals surface area contributed by atoms with Crippen LogP contribution in [0.1, 0.15) is 28.3 Å². The van der Waals surface area contributed by atoms with Crippen LogP contribution in [0.2, 0.25) is 0 Å². The van der Waals surface area contributed by atoms with Crippen molar-refractivity contribution in [1.82, 2.24) is 4.98 Å². The van der Waals surface area contributed by atoms with Gasteiger partial charge in [-0.1, -0.05) is 51.5 Å². The summed E-state index contributed by atoms with van der Waals surface area (Å²) in [6.45, 7) is 1.84. The Morgan fingerprint density at radius 3 is 2.47 bits per heavy atom. The van der Waals surface area contributed by atoms with Gasteiger partial charge in [0.1, 0.15) is 5.75 Å². The first-order valence-electron chi connectivity index (χ1n) is 14.9. The van der Waals surface area contributed by atoms with Crippen molar-refractivity contribution in [3.8, 4) is 5.75 Å². The van der Waals surface area contributed by atoms with Crippen LogP contribution >= 0.6 is 39.0 Å². The third-order valence-electron chi connectivity index (χ3n) is 9.72. The van der Waals surface area contributed by atoms with Crippen LogP contribution in [-0.2, 0) is 14.4 Å². The number of nitrogens with one attached hydrogen (secondary N) is 2. The highest BCUT2D eigenvalue weighted by Crippen LogP contribution is 2.68. The maximum Gasteiger partial charge on any atom is 0.305 e. The Labute approximate surface area is 275 Å². The van der Waals surface area contributed by atoms with Crippen molar-refractivity contribution in [2.24, 2.45) is 29.6 Å². The van der Waals surface area contributed by atoms with Crippen LogP contribution < -0.4 is 19.8 Å². The van der Waals surface area contributed by atoms with Gasteiger partial charge in [0.05, 0.1) is 22.5 Å². The molecule has 0 spiro atoms. The molecular formula is C34H28BrN3O5S2. The zero-order valence-electron chi connectivity index (χ0n) is 24.1. The van der Waals surface area contributed by atoms with Gasteiger partial charge in [0, 0.05) is 26.2 Å². The number of carbonyl (C=O) groups excluding carboxylic acids is 3. The number of fused-ring (bicyclic) bond motifs is 9. The monoisotopic (exact) mass is 701 g/mol. The number of imide groups is 1. The molecule has 2 aliphatic carbocycles. The molecule has 7 atom stereocenters. The number of aromatic amines is 1. The Hall–Kier alpha value is -3.67. The number of benzene rings is 3. The van der Waals surface area contributed by atoms with Crippen molar-refractivity contribution >= 4 is 68.1 Å². The molecule has 6 unspecified atom stereocenters. The lowest BCUT2D eigenvalue weighted by atomic mass is 9.68. The first-order valence-corrected chi connectivity index (χ1v) is 17.4. The molecule has 4 aromatic rings. The third-order valence-corrected chi connectivity index (χ3v) is 12.8. The van der Waals surface area contributed by atoms with E-state index in [1.165, 1.54) is 16.2 Å². The van der Waals surface area contributed by atoms with E-state index in [1.54, 1.807) is 11.8 Å². The Kier molecular flexibility index (Phi) is 7.03. The molecule has 3 aromatic carbocycles. The van der Waals surface area contributed by atoms with Gasteiger partial charge in [-0.15, -0.1) is 11.8 Å². The molecule has 11 heteroatoms. The van der Waals surface area contributed by atoms with Crippen LogP contribution in [0, 0.1) is 36.5 Å². The number of aryl methyl sites for hydroxylation is 1. The lowest BCUT2D eigenvalue weighted by Crippen LogP contribution is -2.42. The summed E-state index contributed by atoms with van der Waals surface area (Å²) in [4.78, 5) is 58.1. The number of amides is 3. The molecule has 0 radical (unpaired) electrons. The normalized spacial score (nSPS) is 27.7. The number of hydrogen-bond acceptors (Lipinski definition) is 7. The topological polar surface area (TPSA) is 109 Å². The van der Waals surface area contributed by atoms with Crippen LogP contribution in [0.25, 0.3) is 0 Å². The second-order valence-corrected chi connectivity index (χ2v) is 15.3. The fourth-order valence-electron chi connectivity index (χ4n) is 8.07. The first kappa shape index (κ1) is 28.8. The average Bonchev–Trinajstić information content (AvgIpc) is 3.76. The maximum atomic E-state index is 13.9. The number of rotatable bonds is 6. The van der Waals surface area contributed by atoms with Crippen molar-refractivity contribution in [1.29, 1.82) is 0 Å². The fraction of sp³-hybridized carbons (Fsp3) is 0.294. The number of carbonyl (C=O) groups is 3. The van der Waals surface area contributed by atoms with Gasteiger partial charge < -0.3 is 15.0 Å². The van der Waals surface area contributed by atoms with E-state index in [2.05, 4.69) is 26.2 Å². The van der Waals surface area contributed by atoms with Crippen molar-refractivity contribution in [2.75, 3.05) is 16.8 Å². The molecule has 2 N–H and O–H groups in total. The van der Waals surface area contributed by atoms with Gasteiger partial charge >= 0.3 is 4.87 Å². The summed E-state index contributed by atoms with van der Waals surface area (Å²) in [5, 5.41) is 3.84. The summed E-state index contributed by atoms with van der Waals surface area (Å²) in [6.07, 6.45) is 0.830. The number of aromatic nitrogens is 1. The summed E-state index contributed by atoms with van der Waals surface area (Å²) in [5.74, 6) is -0.484. The number of thiazole rings is 1. The maximum absolute atomic E-state index is 13.9. The smallest absolute Gasteiger partial charge is 0.305 e. The molecule has 8 rings (SSSR count). The Balaban J connectivity index is 1.05. The summed E-state index contributed by atoms with van der Waals surface area (Å²) < 4.78 is 6.69. The predicted octanol–water partition coefficient (Wildman–Crippen LogP) is 6.20. The van der Waals surface area contributed by atoms with Crippen LogP contribution in [0.3, 0.4) is 0 Å². The molecule has 8 nitrogen and oxygen atoms in total. The van der Waals surface area contributed by atoms with E-state index in [0.29, 0.717) is 11.4 Å². The standard InChI is InChI=1S/C34H28BrN3O5S2/c1-16-3-2-4-19(13-16)36-24(39)15-43-21-11-5-17(6-12-21)25-26-22-14-23(29(26)44-31-30(25)45-34(42)37-31)28-27(22)32(40)38(33(28)41)20-9-7-18(35)8-10-20/h2-13,22-23,25-29H,14-15H2,1H3,(H,36,39)(H,37,42)/t22?,23?,25-,26?,27?,28?,29?/m1/s1. The number of thioether (sulfide) groups is 1. The average molecular weight is 703 g/mol. The molecule has 2 aliphatic heterocycles. The lowest BCUT2D eigenvalue weighted by Gasteiger charge is -2.43. The van der Waals surface area contributed by atoms with E-state index < -0.39 is 0 Å². The van der Waals surface area contributed by atoms with Gasteiger partial charge in [-0.25, -0.2) is 0 Å². The number of nitrogens with zero attached hydrogens (tertiary/aromatic N) is 1. The molecule has 45 heavy (non-hydrogen) atoms. The van der Waals surface area contributed by atoms with Crippen molar-refractivity contribution < 1.29 is 19.1 Å². The Morgan fingerprint density at radius 1 is 1.00 bits per heavy atom. The number of ether oxygens (including phenoxy) is 1. The molecule has 3 fully saturated rings. The molecule has 3 heterocycles. The third kappa shape index (κ3) is 4.78. The fourth-order valence-corrected chi connectivity index (χ4v) is 11.2. The molecule has 1 aromatic heterocycles. The zero-order chi connectivity index (χ0) is 31.0. The highest BCUT2D eigenvalue weighted by Gasteiger charge is 2.69. The minimum atomic E-state index is -0.359. The van der Waals surface area contributed by atoms with E-state index in [4.69, 9.17) is 4.74 Å². The van der Waals surface area contributed by atoms with E-state index >= 15 is 0 Å². The number of halogens is 1. The second-order valence-electron chi connectivity index (χ2n) is 12.2. The Morgan fingerprint density at radius 2 is 1.73 bits per heavy atom. The number of H-pyrrole nitrogens is 1. The highest BCUT2D eigenvalue weighted by atomic mass is 79.9. The van der Waals surface area contributed by atoms with Gasteiger partial charge in [0.25, 0.3) is 5.91 Å². The number of anilines is 2. The van der Waals surface area contributed by atoms with E-state index in [-0.39, 0.29) is 70.0 Å². The second kappa shape index (κ2) is 11.0. The minimum absolute atomic E-state index is 0.0333. The molecular weight excluding hydrogens is 674 g/mol. The molecule has 228 valence electrons. The summed E-state index contributed by atoms with van der Waals surface area (Å²) in [6, 6.07) is 22.6. The summed E-state index contributed by atoms with van der Waals surface area (Å²) in [5.41, 5.74) is 3.42. The largest absolute Gasteiger partial charge is 0.484 e. The van der Waals surface area contributed by atoms with Crippen LogP contribution in [0.4, 0.5) is 11.4 Å². The van der Waals surface area contributed by atoms with Gasteiger partial charge in [-0.3, -0.25) is 24.1 Å². The molecule has 4 aliphatic rings. The predicted molar refractivity (Wildman–Crippen MR) is 177 cm³/mol. The van der Waals surface area contributed by atoms with Gasteiger partial charge in [0.2, 0.25) is 11.8 Å². The zero-order valence-corrected chi connectivity index (χ0v) is 27.3. The molecule has 2 saturated carbocycles. The van der Waals surface area contributed by atoms with Gasteiger partial charge in [-0.2, -0.15) is 0 Å².